The van der Waals surface area contributed by atoms with Gasteiger partial charge in [0.05, 0.1) is 6.61 Å². The maximum absolute atomic E-state index is 12.8. The Bertz CT molecular complexity index is 1070. The summed E-state index contributed by atoms with van der Waals surface area (Å²) in [5, 5.41) is 3.51. The van der Waals surface area contributed by atoms with Crippen LogP contribution in [0.5, 0.6) is 0 Å². The van der Waals surface area contributed by atoms with Gasteiger partial charge in [0, 0.05) is 28.6 Å². The van der Waals surface area contributed by atoms with E-state index in [9.17, 15) is 14.4 Å². The number of carbonyl (C=O) groups excluding carboxylic acids is 3. The molecule has 3 rings (SSSR count). The van der Waals surface area contributed by atoms with E-state index in [1.165, 1.54) is 0 Å². The van der Waals surface area contributed by atoms with E-state index in [0.29, 0.717) is 5.56 Å². The van der Waals surface area contributed by atoms with E-state index in [2.05, 4.69) is 10.3 Å². The Morgan fingerprint density at radius 3 is 2.50 bits per heavy atom. The Morgan fingerprint density at radius 2 is 1.84 bits per heavy atom. The van der Waals surface area contributed by atoms with Gasteiger partial charge in [0.25, 0.3) is 0 Å². The van der Waals surface area contributed by atoms with Crippen molar-refractivity contribution in [2.75, 3.05) is 6.61 Å². The van der Waals surface area contributed by atoms with E-state index < -0.39 is 18.1 Å². The number of aldehydes is 1. The molecule has 0 aliphatic rings. The third-order valence-corrected chi connectivity index (χ3v) is 5.35. The SMILES string of the molecule is CCOC(=O)[C@@H](NC(=O)OCc1ccccc1)[C@@H](c1ccc2c(C=O)c[nH]c2c1)C(C)C. The van der Waals surface area contributed by atoms with Crippen molar-refractivity contribution in [2.45, 2.75) is 39.3 Å². The largest absolute Gasteiger partial charge is 0.464 e. The number of rotatable bonds is 9. The molecular formula is C25H28N2O5. The highest BCUT2D eigenvalue weighted by Gasteiger charge is 2.35. The van der Waals surface area contributed by atoms with E-state index in [-0.39, 0.29) is 25.0 Å². The summed E-state index contributed by atoms with van der Waals surface area (Å²) in [6.45, 7) is 5.96. The molecule has 0 radical (unpaired) electrons. The standard InChI is InChI=1S/C25H28N2O5/c1-4-31-24(29)23(27-25(30)32-15-17-8-6-5-7-9-17)22(16(2)3)18-10-11-20-19(14-28)13-26-21(20)12-18/h5-14,16,22-23,26H,4,15H2,1-3H3,(H,27,30)/t22-,23+/m1/s1. The van der Waals surface area contributed by atoms with Gasteiger partial charge in [0.2, 0.25) is 0 Å². The van der Waals surface area contributed by atoms with Gasteiger partial charge in [0.15, 0.2) is 6.29 Å². The molecule has 0 fully saturated rings. The molecule has 7 nitrogen and oxygen atoms in total. The Labute approximate surface area is 187 Å². The summed E-state index contributed by atoms with van der Waals surface area (Å²) in [6, 6.07) is 14.0. The zero-order chi connectivity index (χ0) is 23.1. The monoisotopic (exact) mass is 436 g/mol. The number of alkyl carbamates (subject to hydrolysis) is 1. The van der Waals surface area contributed by atoms with Crippen molar-refractivity contribution in [3.05, 3.63) is 71.4 Å². The van der Waals surface area contributed by atoms with Crippen LogP contribution in [0.25, 0.3) is 10.9 Å². The third-order valence-electron chi connectivity index (χ3n) is 5.35. The number of ether oxygens (including phenoxy) is 2. The fraction of sp³-hybridized carbons (Fsp3) is 0.320. The van der Waals surface area contributed by atoms with Gasteiger partial charge in [-0.3, -0.25) is 4.79 Å². The van der Waals surface area contributed by atoms with Crippen molar-refractivity contribution in [1.29, 1.82) is 0 Å². The summed E-state index contributed by atoms with van der Waals surface area (Å²) < 4.78 is 10.6. The van der Waals surface area contributed by atoms with E-state index in [0.717, 1.165) is 28.3 Å². The molecule has 0 saturated heterocycles. The summed E-state index contributed by atoms with van der Waals surface area (Å²) in [5.74, 6) is -0.898. The highest BCUT2D eigenvalue weighted by Crippen LogP contribution is 2.31. The number of benzene rings is 2. The number of hydrogen-bond donors (Lipinski definition) is 2. The molecule has 0 aliphatic heterocycles. The van der Waals surface area contributed by atoms with Crippen LogP contribution in [-0.4, -0.2) is 36.0 Å². The van der Waals surface area contributed by atoms with Crippen molar-refractivity contribution in [2.24, 2.45) is 5.92 Å². The molecule has 0 aliphatic carbocycles. The van der Waals surface area contributed by atoms with Gasteiger partial charge in [-0.1, -0.05) is 56.3 Å². The van der Waals surface area contributed by atoms with Gasteiger partial charge >= 0.3 is 12.1 Å². The molecule has 0 spiro atoms. The maximum Gasteiger partial charge on any atom is 0.408 e. The van der Waals surface area contributed by atoms with E-state index in [1.807, 2.05) is 62.4 Å². The molecule has 2 atom stereocenters. The molecule has 1 aromatic heterocycles. The molecule has 32 heavy (non-hydrogen) atoms. The first-order valence-corrected chi connectivity index (χ1v) is 10.6. The quantitative estimate of drug-likeness (QED) is 0.378. The molecule has 0 saturated carbocycles. The fourth-order valence-electron chi connectivity index (χ4n) is 3.85. The fourth-order valence-corrected chi connectivity index (χ4v) is 3.85. The van der Waals surface area contributed by atoms with E-state index in [1.54, 1.807) is 13.1 Å². The number of nitrogens with one attached hydrogen (secondary N) is 2. The molecule has 3 aromatic rings. The van der Waals surface area contributed by atoms with Gasteiger partial charge < -0.3 is 19.8 Å². The number of amides is 1. The van der Waals surface area contributed by atoms with Crippen LogP contribution in [-0.2, 0) is 20.9 Å². The minimum atomic E-state index is -0.934. The molecule has 2 aromatic carbocycles. The first-order valence-electron chi connectivity index (χ1n) is 10.6. The summed E-state index contributed by atoms with van der Waals surface area (Å²) in [4.78, 5) is 39.7. The van der Waals surface area contributed by atoms with Crippen molar-refractivity contribution >= 4 is 29.3 Å². The molecule has 7 heteroatoms. The molecule has 2 N–H and O–H groups in total. The Kier molecular flexibility index (Phi) is 7.65. The van der Waals surface area contributed by atoms with Crippen LogP contribution in [0.3, 0.4) is 0 Å². The second-order valence-electron chi connectivity index (χ2n) is 7.87. The van der Waals surface area contributed by atoms with Crippen molar-refractivity contribution in [1.82, 2.24) is 10.3 Å². The molecule has 0 bridgehead atoms. The van der Waals surface area contributed by atoms with Gasteiger partial charge in [0.1, 0.15) is 12.6 Å². The molecule has 1 amide bonds. The average Bonchev–Trinajstić information content (AvgIpc) is 3.20. The van der Waals surface area contributed by atoms with Gasteiger partial charge in [-0.2, -0.15) is 0 Å². The number of fused-ring (bicyclic) bond motifs is 1. The molecule has 168 valence electrons. The van der Waals surface area contributed by atoms with Crippen LogP contribution >= 0.6 is 0 Å². The molecule has 1 heterocycles. The van der Waals surface area contributed by atoms with Crippen molar-refractivity contribution < 1.29 is 23.9 Å². The van der Waals surface area contributed by atoms with Gasteiger partial charge in [-0.25, -0.2) is 9.59 Å². The second kappa shape index (κ2) is 10.6. The van der Waals surface area contributed by atoms with Crippen LogP contribution in [0.15, 0.2) is 54.7 Å². The number of esters is 1. The lowest BCUT2D eigenvalue weighted by atomic mass is 9.82. The normalized spacial score (nSPS) is 12.9. The number of carbonyl (C=O) groups is 3. The lowest BCUT2D eigenvalue weighted by Gasteiger charge is -2.29. The van der Waals surface area contributed by atoms with Crippen LogP contribution in [0.1, 0.15) is 48.2 Å². The highest BCUT2D eigenvalue weighted by molar-refractivity contribution is 5.97. The lowest BCUT2D eigenvalue weighted by molar-refractivity contribution is -0.146. The van der Waals surface area contributed by atoms with Crippen molar-refractivity contribution in [3.8, 4) is 0 Å². The third kappa shape index (κ3) is 5.35. The summed E-state index contributed by atoms with van der Waals surface area (Å²) in [7, 11) is 0. The minimum absolute atomic E-state index is 0.00298. The highest BCUT2D eigenvalue weighted by atomic mass is 16.6. The number of hydrogen-bond acceptors (Lipinski definition) is 5. The lowest BCUT2D eigenvalue weighted by Crippen LogP contribution is -2.47. The zero-order valence-electron chi connectivity index (χ0n) is 18.5. The van der Waals surface area contributed by atoms with E-state index in [4.69, 9.17) is 9.47 Å². The minimum Gasteiger partial charge on any atom is -0.464 e. The summed E-state index contributed by atoms with van der Waals surface area (Å²) in [5.41, 5.74) is 3.04. The van der Waals surface area contributed by atoms with Gasteiger partial charge in [-0.15, -0.1) is 0 Å². The Balaban J connectivity index is 1.86. The van der Waals surface area contributed by atoms with Crippen LogP contribution in [0.2, 0.25) is 0 Å². The van der Waals surface area contributed by atoms with Gasteiger partial charge in [-0.05, 0) is 30.0 Å². The smallest absolute Gasteiger partial charge is 0.408 e. The number of H-pyrrole nitrogens is 1. The number of aromatic nitrogens is 1. The first-order chi connectivity index (χ1) is 15.4. The van der Waals surface area contributed by atoms with Crippen LogP contribution < -0.4 is 5.32 Å². The number of aromatic amines is 1. The predicted octanol–water partition coefficient (Wildman–Crippen LogP) is 4.58. The van der Waals surface area contributed by atoms with Crippen LogP contribution in [0.4, 0.5) is 4.79 Å². The molecular weight excluding hydrogens is 408 g/mol. The first kappa shape index (κ1) is 23.1. The maximum atomic E-state index is 12.8. The summed E-state index contributed by atoms with van der Waals surface area (Å²) in [6.07, 6.45) is 1.75. The Morgan fingerprint density at radius 1 is 1.09 bits per heavy atom. The van der Waals surface area contributed by atoms with E-state index >= 15 is 0 Å². The zero-order valence-corrected chi connectivity index (χ0v) is 18.5. The van der Waals surface area contributed by atoms with Crippen molar-refractivity contribution in [3.63, 3.8) is 0 Å². The topological polar surface area (TPSA) is 97.5 Å². The second-order valence-corrected chi connectivity index (χ2v) is 7.87. The summed E-state index contributed by atoms with van der Waals surface area (Å²) >= 11 is 0. The Hall–Kier alpha value is -3.61. The predicted molar refractivity (Wildman–Crippen MR) is 121 cm³/mol. The molecule has 0 unspecified atom stereocenters. The average molecular weight is 437 g/mol. The van der Waals surface area contributed by atoms with Crippen LogP contribution in [0, 0.1) is 5.92 Å².